The van der Waals surface area contributed by atoms with Crippen LogP contribution >= 0.6 is 11.6 Å². The molecule has 0 saturated heterocycles. The second-order valence-electron chi connectivity index (χ2n) is 4.61. The molecule has 1 aromatic carbocycles. The van der Waals surface area contributed by atoms with Gasteiger partial charge in [0.15, 0.2) is 0 Å². The van der Waals surface area contributed by atoms with Gasteiger partial charge in [-0.1, -0.05) is 44.4 Å². The molecular weight excluding hydrogens is 234 g/mol. The van der Waals surface area contributed by atoms with E-state index in [9.17, 15) is 4.79 Å². The monoisotopic (exact) mass is 253 g/mol. The van der Waals surface area contributed by atoms with Crippen molar-refractivity contribution in [2.75, 3.05) is 5.32 Å². The summed E-state index contributed by atoms with van der Waals surface area (Å²) in [5.41, 5.74) is 1.84. The summed E-state index contributed by atoms with van der Waals surface area (Å²) in [6, 6.07) is 5.53. The Kier molecular flexibility index (Phi) is 5.49. The number of rotatable bonds is 5. The van der Waals surface area contributed by atoms with Crippen LogP contribution in [0.5, 0.6) is 0 Å². The molecule has 1 N–H and O–H groups in total. The highest BCUT2D eigenvalue weighted by atomic mass is 35.5. The fourth-order valence-corrected chi connectivity index (χ4v) is 2.01. The lowest BCUT2D eigenvalue weighted by Gasteiger charge is -2.12. The van der Waals surface area contributed by atoms with Crippen LogP contribution in [0.3, 0.4) is 0 Å². The van der Waals surface area contributed by atoms with Gasteiger partial charge in [0, 0.05) is 17.1 Å². The van der Waals surface area contributed by atoms with Gasteiger partial charge in [0.05, 0.1) is 0 Å². The zero-order valence-corrected chi connectivity index (χ0v) is 11.5. The first-order valence-corrected chi connectivity index (χ1v) is 6.46. The molecule has 0 bridgehead atoms. The van der Waals surface area contributed by atoms with E-state index in [1.807, 2.05) is 19.1 Å². The number of carbonyl (C=O) groups excluding carboxylic acids is 1. The third-order valence-electron chi connectivity index (χ3n) is 2.79. The van der Waals surface area contributed by atoms with Crippen molar-refractivity contribution in [2.24, 2.45) is 5.92 Å². The van der Waals surface area contributed by atoms with Crippen molar-refractivity contribution in [2.45, 2.75) is 40.0 Å². The minimum Gasteiger partial charge on any atom is -0.326 e. The van der Waals surface area contributed by atoms with Gasteiger partial charge in [-0.25, -0.2) is 0 Å². The number of aryl methyl sites for hydroxylation is 1. The predicted molar refractivity (Wildman–Crippen MR) is 73.5 cm³/mol. The highest BCUT2D eigenvalue weighted by Gasteiger charge is 2.09. The molecule has 0 aliphatic carbocycles. The molecule has 1 rings (SSSR count). The second-order valence-corrected chi connectivity index (χ2v) is 5.04. The Hall–Kier alpha value is -1.02. The summed E-state index contributed by atoms with van der Waals surface area (Å²) in [6.07, 6.45) is 2.77. The summed E-state index contributed by atoms with van der Waals surface area (Å²) >= 11 is 5.90. The largest absolute Gasteiger partial charge is 0.326 e. The molecule has 1 atom stereocenters. The molecule has 1 amide bonds. The number of hydrogen-bond donors (Lipinski definition) is 1. The molecule has 0 aliphatic rings. The number of benzene rings is 1. The fourth-order valence-electron chi connectivity index (χ4n) is 1.84. The van der Waals surface area contributed by atoms with Crippen LogP contribution in [0.15, 0.2) is 18.2 Å². The first-order chi connectivity index (χ1) is 8.02. The number of hydrogen-bond acceptors (Lipinski definition) is 1. The van der Waals surface area contributed by atoms with E-state index in [0.29, 0.717) is 17.4 Å². The average molecular weight is 254 g/mol. The first-order valence-electron chi connectivity index (χ1n) is 6.09. The summed E-state index contributed by atoms with van der Waals surface area (Å²) in [7, 11) is 0. The molecule has 1 unspecified atom stereocenters. The van der Waals surface area contributed by atoms with E-state index < -0.39 is 0 Å². The third-order valence-corrected chi connectivity index (χ3v) is 3.02. The summed E-state index contributed by atoms with van der Waals surface area (Å²) in [5.74, 6) is 0.496. The van der Waals surface area contributed by atoms with E-state index in [4.69, 9.17) is 11.6 Å². The van der Waals surface area contributed by atoms with E-state index in [-0.39, 0.29) is 5.91 Å². The first kappa shape index (κ1) is 14.0. The molecule has 3 heteroatoms. The molecule has 0 heterocycles. The van der Waals surface area contributed by atoms with Gasteiger partial charge >= 0.3 is 0 Å². The van der Waals surface area contributed by atoms with Crippen LogP contribution in [0.4, 0.5) is 5.69 Å². The Morgan fingerprint density at radius 1 is 1.47 bits per heavy atom. The summed E-state index contributed by atoms with van der Waals surface area (Å²) in [4.78, 5) is 11.8. The minimum absolute atomic E-state index is 0.0660. The van der Waals surface area contributed by atoms with E-state index in [2.05, 4.69) is 19.2 Å². The Balaban J connectivity index is 2.58. The normalized spacial score (nSPS) is 12.2. The lowest BCUT2D eigenvalue weighted by Crippen LogP contribution is -2.15. The van der Waals surface area contributed by atoms with E-state index in [1.165, 1.54) is 0 Å². The van der Waals surface area contributed by atoms with Gasteiger partial charge in [-0.05, 0) is 30.5 Å². The van der Waals surface area contributed by atoms with Crippen molar-refractivity contribution in [1.82, 2.24) is 0 Å². The lowest BCUT2D eigenvalue weighted by atomic mass is 10.0. The molecule has 1 aromatic rings. The van der Waals surface area contributed by atoms with Crippen LogP contribution in [0.25, 0.3) is 0 Å². The Morgan fingerprint density at radius 2 is 2.18 bits per heavy atom. The van der Waals surface area contributed by atoms with Crippen LogP contribution in [0.2, 0.25) is 5.02 Å². The van der Waals surface area contributed by atoms with E-state index >= 15 is 0 Å². The van der Waals surface area contributed by atoms with Crippen molar-refractivity contribution >= 4 is 23.2 Å². The van der Waals surface area contributed by atoms with Gasteiger partial charge in [-0.3, -0.25) is 4.79 Å². The molecular formula is C14H20ClNO. The van der Waals surface area contributed by atoms with Crippen molar-refractivity contribution in [3.63, 3.8) is 0 Å². The molecule has 0 radical (unpaired) electrons. The average Bonchev–Trinajstić information content (AvgIpc) is 2.23. The molecule has 0 aliphatic heterocycles. The fraction of sp³-hybridized carbons (Fsp3) is 0.500. The number of nitrogens with one attached hydrogen (secondary N) is 1. The standard InChI is InChI=1S/C14H20ClNO/c1-4-5-10(2)8-14(17)16-13-9-12(15)7-6-11(13)3/h6-7,9-10H,4-5,8H2,1-3H3,(H,16,17). The van der Waals surface area contributed by atoms with Crippen molar-refractivity contribution in [1.29, 1.82) is 0 Å². The minimum atomic E-state index is 0.0660. The molecule has 2 nitrogen and oxygen atoms in total. The molecule has 0 saturated carbocycles. The highest BCUT2D eigenvalue weighted by Crippen LogP contribution is 2.21. The van der Waals surface area contributed by atoms with Gasteiger partial charge in [0.25, 0.3) is 0 Å². The Labute approximate surface area is 108 Å². The summed E-state index contributed by atoms with van der Waals surface area (Å²) < 4.78 is 0. The van der Waals surface area contributed by atoms with Gasteiger partial charge < -0.3 is 5.32 Å². The zero-order valence-electron chi connectivity index (χ0n) is 10.7. The molecule has 94 valence electrons. The van der Waals surface area contributed by atoms with Crippen LogP contribution in [-0.2, 0) is 4.79 Å². The van der Waals surface area contributed by atoms with Crippen LogP contribution in [0.1, 0.15) is 38.7 Å². The number of anilines is 1. The quantitative estimate of drug-likeness (QED) is 0.827. The Morgan fingerprint density at radius 3 is 2.82 bits per heavy atom. The number of carbonyl (C=O) groups is 1. The molecule has 0 fully saturated rings. The highest BCUT2D eigenvalue weighted by molar-refractivity contribution is 6.31. The van der Waals surface area contributed by atoms with Crippen molar-refractivity contribution in [3.05, 3.63) is 28.8 Å². The lowest BCUT2D eigenvalue weighted by molar-refractivity contribution is -0.117. The van der Waals surface area contributed by atoms with Crippen LogP contribution in [-0.4, -0.2) is 5.91 Å². The van der Waals surface area contributed by atoms with Crippen molar-refractivity contribution < 1.29 is 4.79 Å². The van der Waals surface area contributed by atoms with E-state index in [1.54, 1.807) is 6.07 Å². The van der Waals surface area contributed by atoms with Gasteiger partial charge in [0.1, 0.15) is 0 Å². The topological polar surface area (TPSA) is 29.1 Å². The maximum Gasteiger partial charge on any atom is 0.224 e. The maximum absolute atomic E-state index is 11.8. The SMILES string of the molecule is CCCC(C)CC(=O)Nc1cc(Cl)ccc1C. The van der Waals surface area contributed by atoms with Gasteiger partial charge in [-0.15, -0.1) is 0 Å². The second kappa shape index (κ2) is 6.65. The Bertz CT molecular complexity index is 390. The predicted octanol–water partition coefficient (Wildman–Crippen LogP) is 4.41. The van der Waals surface area contributed by atoms with Crippen LogP contribution in [0, 0.1) is 12.8 Å². The van der Waals surface area contributed by atoms with E-state index in [0.717, 1.165) is 24.1 Å². The molecule has 17 heavy (non-hydrogen) atoms. The maximum atomic E-state index is 11.8. The zero-order chi connectivity index (χ0) is 12.8. The van der Waals surface area contributed by atoms with Gasteiger partial charge in [-0.2, -0.15) is 0 Å². The third kappa shape index (κ3) is 4.78. The van der Waals surface area contributed by atoms with Crippen LogP contribution < -0.4 is 5.32 Å². The number of halogens is 1. The molecule has 0 spiro atoms. The van der Waals surface area contributed by atoms with Gasteiger partial charge in [0.2, 0.25) is 5.91 Å². The molecule has 0 aromatic heterocycles. The summed E-state index contributed by atoms with van der Waals surface area (Å²) in [5, 5.41) is 3.56. The summed E-state index contributed by atoms with van der Waals surface area (Å²) in [6.45, 7) is 6.20. The van der Waals surface area contributed by atoms with Crippen molar-refractivity contribution in [3.8, 4) is 0 Å². The smallest absolute Gasteiger partial charge is 0.224 e. The number of amides is 1.